The van der Waals surface area contributed by atoms with E-state index >= 15 is 0 Å². The molecule has 31 heavy (non-hydrogen) atoms. The molecule has 0 amide bonds. The molecule has 0 saturated carbocycles. The molecule has 0 atom stereocenters. The van der Waals surface area contributed by atoms with E-state index in [-0.39, 0.29) is 0 Å². The van der Waals surface area contributed by atoms with Crippen molar-refractivity contribution in [3.05, 3.63) is 53.6 Å². The summed E-state index contributed by atoms with van der Waals surface area (Å²) >= 11 is 5.43. The maximum Gasteiger partial charge on any atom is 0.416 e. The number of benzene rings is 1. The molecule has 2 N–H and O–H groups in total. The van der Waals surface area contributed by atoms with Gasteiger partial charge in [0.15, 0.2) is 5.11 Å². The van der Waals surface area contributed by atoms with Gasteiger partial charge in [-0.2, -0.15) is 18.3 Å². The Labute approximate surface area is 181 Å². The van der Waals surface area contributed by atoms with Crippen molar-refractivity contribution in [2.24, 2.45) is 5.10 Å². The van der Waals surface area contributed by atoms with E-state index in [0.29, 0.717) is 67.0 Å². The maximum absolute atomic E-state index is 13.4. The van der Waals surface area contributed by atoms with Crippen LogP contribution in [0.3, 0.4) is 0 Å². The van der Waals surface area contributed by atoms with Gasteiger partial charge in [0.1, 0.15) is 11.5 Å². The molecular weight excluding hydrogens is 432 g/mol. The van der Waals surface area contributed by atoms with Crippen molar-refractivity contribution >= 4 is 34.4 Å². The summed E-state index contributed by atoms with van der Waals surface area (Å²) in [5, 5.41) is 7.88. The minimum Gasteiger partial charge on any atom is -0.383 e. The van der Waals surface area contributed by atoms with Crippen LogP contribution in [0.25, 0.3) is 0 Å². The molecule has 2 aliphatic rings. The topological polar surface area (TPSA) is 55.8 Å². The Bertz CT molecular complexity index is 1000. The molecule has 11 heteroatoms. The van der Waals surface area contributed by atoms with Crippen molar-refractivity contribution < 1.29 is 17.6 Å². The van der Waals surface area contributed by atoms with E-state index in [2.05, 4.69) is 20.8 Å². The van der Waals surface area contributed by atoms with Gasteiger partial charge in [-0.3, -0.25) is 5.43 Å². The van der Waals surface area contributed by atoms with E-state index in [9.17, 15) is 17.6 Å². The van der Waals surface area contributed by atoms with Crippen LogP contribution in [0.1, 0.15) is 17.7 Å². The predicted molar refractivity (Wildman–Crippen MR) is 115 cm³/mol. The van der Waals surface area contributed by atoms with Crippen molar-refractivity contribution in [3.8, 4) is 0 Å². The van der Waals surface area contributed by atoms with E-state index in [0.717, 1.165) is 12.3 Å². The normalized spacial score (nSPS) is 17.9. The van der Waals surface area contributed by atoms with Gasteiger partial charge in [0.25, 0.3) is 0 Å². The van der Waals surface area contributed by atoms with Gasteiger partial charge in [-0.1, -0.05) is 6.07 Å². The highest BCUT2D eigenvalue weighted by Crippen LogP contribution is 2.32. The quantitative estimate of drug-likeness (QED) is 0.414. The van der Waals surface area contributed by atoms with Crippen LogP contribution in [0.5, 0.6) is 0 Å². The highest BCUT2D eigenvalue weighted by atomic mass is 32.1. The summed E-state index contributed by atoms with van der Waals surface area (Å²) in [6.07, 6.45) is -2.60. The number of thiocarbonyl (C=S) groups is 1. The van der Waals surface area contributed by atoms with E-state index in [1.165, 1.54) is 18.2 Å². The second-order valence-corrected chi connectivity index (χ2v) is 7.61. The first kappa shape index (κ1) is 21.3. The van der Waals surface area contributed by atoms with Crippen LogP contribution < -0.4 is 15.6 Å². The van der Waals surface area contributed by atoms with Crippen molar-refractivity contribution in [1.29, 1.82) is 0 Å². The number of piperazine rings is 1. The molecule has 2 aromatic rings. The Morgan fingerprint density at radius 2 is 1.94 bits per heavy atom. The molecule has 0 aliphatic carbocycles. The average Bonchev–Trinajstić information content (AvgIpc) is 2.77. The van der Waals surface area contributed by atoms with Gasteiger partial charge >= 0.3 is 6.18 Å². The number of hydrogen-bond donors (Lipinski definition) is 2. The zero-order valence-corrected chi connectivity index (χ0v) is 17.2. The van der Waals surface area contributed by atoms with Gasteiger partial charge in [0.05, 0.1) is 23.2 Å². The van der Waals surface area contributed by atoms with Crippen LogP contribution >= 0.6 is 12.2 Å². The summed E-state index contributed by atoms with van der Waals surface area (Å²) in [7, 11) is 0. The number of hydrazone groups is 1. The lowest BCUT2D eigenvalue weighted by atomic mass is 10.1. The maximum atomic E-state index is 13.4. The largest absolute Gasteiger partial charge is 0.416 e. The average molecular weight is 452 g/mol. The van der Waals surface area contributed by atoms with Crippen LogP contribution in [0, 0.1) is 5.82 Å². The monoisotopic (exact) mass is 452 g/mol. The zero-order valence-electron chi connectivity index (χ0n) is 16.4. The Kier molecular flexibility index (Phi) is 5.94. The van der Waals surface area contributed by atoms with Crippen molar-refractivity contribution in [3.63, 3.8) is 0 Å². The van der Waals surface area contributed by atoms with Gasteiger partial charge in [0.2, 0.25) is 0 Å². The second kappa shape index (κ2) is 8.66. The molecular formula is C20H20F4N6S. The number of nitrogens with one attached hydrogen (secondary N) is 2. The number of halogens is 4. The molecule has 6 nitrogen and oxygen atoms in total. The third-order valence-electron chi connectivity index (χ3n) is 5.20. The first-order valence-electron chi connectivity index (χ1n) is 9.75. The summed E-state index contributed by atoms with van der Waals surface area (Å²) in [6, 6.07) is 6.71. The Balaban J connectivity index is 1.36. The van der Waals surface area contributed by atoms with Crippen molar-refractivity contribution in [2.75, 3.05) is 42.9 Å². The summed E-state index contributed by atoms with van der Waals surface area (Å²) in [5.74, 6) is -0.422. The smallest absolute Gasteiger partial charge is 0.383 e. The molecule has 1 fully saturated rings. The fourth-order valence-corrected chi connectivity index (χ4v) is 3.81. The summed E-state index contributed by atoms with van der Waals surface area (Å²) in [5.41, 5.74) is 4.61. The molecule has 164 valence electrons. The molecule has 1 aromatic carbocycles. The van der Waals surface area contributed by atoms with Gasteiger partial charge < -0.3 is 15.1 Å². The van der Waals surface area contributed by atoms with Crippen LogP contribution in [0.15, 0.2) is 41.6 Å². The Hall–Kier alpha value is -2.95. The van der Waals surface area contributed by atoms with Gasteiger partial charge in [0, 0.05) is 50.9 Å². The Morgan fingerprint density at radius 3 is 2.68 bits per heavy atom. The number of nitrogens with zero attached hydrogens (tertiary/aromatic N) is 4. The zero-order chi connectivity index (χ0) is 22.0. The van der Waals surface area contributed by atoms with Gasteiger partial charge in [-0.25, -0.2) is 9.37 Å². The fourth-order valence-electron chi connectivity index (χ4n) is 3.58. The lowest BCUT2D eigenvalue weighted by Gasteiger charge is -2.37. The second-order valence-electron chi connectivity index (χ2n) is 7.22. The lowest BCUT2D eigenvalue weighted by molar-refractivity contribution is -0.137. The van der Waals surface area contributed by atoms with Crippen LogP contribution in [0.4, 0.5) is 28.9 Å². The minimum absolute atomic E-state index is 0.422. The third kappa shape index (κ3) is 4.87. The van der Waals surface area contributed by atoms with Crippen molar-refractivity contribution in [1.82, 2.24) is 15.3 Å². The molecule has 1 saturated heterocycles. The van der Waals surface area contributed by atoms with Gasteiger partial charge in [-0.05, 0) is 30.4 Å². The first-order chi connectivity index (χ1) is 14.8. The minimum atomic E-state index is -4.36. The number of pyridine rings is 1. The Morgan fingerprint density at radius 1 is 1.16 bits per heavy atom. The number of rotatable bonds is 2. The summed E-state index contributed by atoms with van der Waals surface area (Å²) in [6.45, 7) is 2.78. The molecule has 0 bridgehead atoms. The molecule has 1 aromatic heterocycles. The lowest BCUT2D eigenvalue weighted by Crippen LogP contribution is -2.51. The fraction of sp³-hybridized carbons (Fsp3) is 0.350. The number of alkyl halides is 3. The van der Waals surface area contributed by atoms with E-state index in [1.54, 1.807) is 6.07 Å². The summed E-state index contributed by atoms with van der Waals surface area (Å²) in [4.78, 5) is 7.93. The van der Waals surface area contributed by atoms with E-state index < -0.39 is 17.6 Å². The van der Waals surface area contributed by atoms with Crippen LogP contribution in [0.2, 0.25) is 0 Å². The summed E-state index contributed by atoms with van der Waals surface area (Å²) < 4.78 is 52.3. The molecule has 3 heterocycles. The number of fused-ring (bicyclic) bond motifs is 1. The molecule has 0 spiro atoms. The first-order valence-corrected chi connectivity index (χ1v) is 10.2. The van der Waals surface area contributed by atoms with Crippen LogP contribution in [-0.4, -0.2) is 53.4 Å². The van der Waals surface area contributed by atoms with Crippen LogP contribution in [-0.2, 0) is 6.18 Å². The highest BCUT2D eigenvalue weighted by molar-refractivity contribution is 7.80. The molecule has 0 radical (unpaired) electrons. The SMILES string of the molecule is Fc1cnc2c(c1)NCC/C2=N/NC(=S)N1CCN(c2cccc(C(F)(F)F)c2)CC1. The third-order valence-corrected chi connectivity index (χ3v) is 5.55. The van der Waals surface area contributed by atoms with Gasteiger partial charge in [-0.15, -0.1) is 0 Å². The number of hydrogen-bond acceptors (Lipinski definition) is 5. The van der Waals surface area contributed by atoms with E-state index in [4.69, 9.17) is 12.2 Å². The number of aromatic nitrogens is 1. The standard InChI is InChI=1S/C20H20F4N6S/c21-14-11-17-18(26-12-14)16(4-5-25-17)27-28-19(31)30-8-6-29(7-9-30)15-3-1-2-13(10-15)20(22,23)24/h1-3,10-12,25H,4-9H2,(H,28,31)/b27-16-. The molecule has 4 rings (SSSR count). The molecule has 0 unspecified atom stereocenters. The molecule has 2 aliphatic heterocycles. The predicted octanol–water partition coefficient (Wildman–Crippen LogP) is 3.46. The highest BCUT2D eigenvalue weighted by Gasteiger charge is 2.31. The number of anilines is 2. The van der Waals surface area contributed by atoms with E-state index in [1.807, 2.05) is 9.80 Å². The van der Waals surface area contributed by atoms with Crippen molar-refractivity contribution in [2.45, 2.75) is 12.6 Å².